The number of carbonyl (C=O) groups is 1. The SMILES string of the molecule is CC1CC(C)CN(C(=O)c2cnccc2Cl)C1. The van der Waals surface area contributed by atoms with Crippen LogP contribution in [0.3, 0.4) is 0 Å². The van der Waals surface area contributed by atoms with E-state index in [1.54, 1.807) is 18.5 Å². The van der Waals surface area contributed by atoms with Gasteiger partial charge in [-0.15, -0.1) is 0 Å². The zero-order chi connectivity index (χ0) is 12.4. The first-order valence-corrected chi connectivity index (χ1v) is 6.34. The summed E-state index contributed by atoms with van der Waals surface area (Å²) in [5, 5.41) is 0.482. The molecule has 92 valence electrons. The first kappa shape index (κ1) is 12.4. The Kier molecular flexibility index (Phi) is 3.67. The molecule has 0 aromatic carbocycles. The van der Waals surface area contributed by atoms with Gasteiger partial charge in [0.05, 0.1) is 10.6 Å². The molecule has 1 amide bonds. The number of nitrogens with zero attached hydrogens (tertiary/aromatic N) is 2. The maximum atomic E-state index is 12.3. The minimum Gasteiger partial charge on any atom is -0.338 e. The summed E-state index contributed by atoms with van der Waals surface area (Å²) in [5.41, 5.74) is 0.510. The monoisotopic (exact) mass is 252 g/mol. The highest BCUT2D eigenvalue weighted by atomic mass is 35.5. The van der Waals surface area contributed by atoms with E-state index in [1.807, 2.05) is 4.90 Å². The van der Waals surface area contributed by atoms with Crippen molar-refractivity contribution in [3.63, 3.8) is 0 Å². The van der Waals surface area contributed by atoms with E-state index < -0.39 is 0 Å². The lowest BCUT2D eigenvalue weighted by atomic mass is 9.91. The summed E-state index contributed by atoms with van der Waals surface area (Å²) in [5.74, 6) is 1.11. The number of likely N-dealkylation sites (tertiary alicyclic amines) is 1. The quantitative estimate of drug-likeness (QED) is 0.770. The van der Waals surface area contributed by atoms with Crippen molar-refractivity contribution in [1.29, 1.82) is 0 Å². The first-order chi connectivity index (χ1) is 8.08. The zero-order valence-corrected chi connectivity index (χ0v) is 10.9. The van der Waals surface area contributed by atoms with Gasteiger partial charge in [-0.05, 0) is 24.3 Å². The van der Waals surface area contributed by atoms with E-state index in [0.717, 1.165) is 13.1 Å². The molecule has 17 heavy (non-hydrogen) atoms. The molecular weight excluding hydrogens is 236 g/mol. The normalized spacial score (nSPS) is 24.8. The number of aromatic nitrogens is 1. The van der Waals surface area contributed by atoms with Crippen molar-refractivity contribution < 1.29 is 4.79 Å². The van der Waals surface area contributed by atoms with Crippen molar-refractivity contribution >= 4 is 17.5 Å². The van der Waals surface area contributed by atoms with Gasteiger partial charge in [-0.3, -0.25) is 9.78 Å². The highest BCUT2D eigenvalue weighted by molar-refractivity contribution is 6.33. The number of rotatable bonds is 1. The molecule has 0 radical (unpaired) electrons. The van der Waals surface area contributed by atoms with Gasteiger partial charge in [-0.25, -0.2) is 0 Å². The molecule has 2 rings (SSSR count). The van der Waals surface area contributed by atoms with Gasteiger partial charge in [0, 0.05) is 25.5 Å². The van der Waals surface area contributed by atoms with E-state index in [9.17, 15) is 4.79 Å². The number of amides is 1. The highest BCUT2D eigenvalue weighted by Gasteiger charge is 2.27. The Morgan fingerprint density at radius 2 is 2.06 bits per heavy atom. The van der Waals surface area contributed by atoms with Crippen LogP contribution >= 0.6 is 11.6 Å². The van der Waals surface area contributed by atoms with Gasteiger partial charge >= 0.3 is 0 Å². The fourth-order valence-corrected chi connectivity index (χ4v) is 2.72. The molecule has 0 N–H and O–H groups in total. The molecule has 2 atom stereocenters. The van der Waals surface area contributed by atoms with Crippen LogP contribution in [0.5, 0.6) is 0 Å². The third-order valence-corrected chi connectivity index (χ3v) is 3.48. The van der Waals surface area contributed by atoms with Crippen LogP contribution in [-0.2, 0) is 0 Å². The fourth-order valence-electron chi connectivity index (χ4n) is 2.53. The molecule has 1 saturated heterocycles. The molecule has 1 fully saturated rings. The van der Waals surface area contributed by atoms with Crippen molar-refractivity contribution in [2.75, 3.05) is 13.1 Å². The molecule has 0 saturated carbocycles. The molecule has 1 aliphatic rings. The van der Waals surface area contributed by atoms with E-state index in [2.05, 4.69) is 18.8 Å². The summed E-state index contributed by atoms with van der Waals surface area (Å²) >= 11 is 6.02. The summed E-state index contributed by atoms with van der Waals surface area (Å²) in [6.07, 6.45) is 4.33. The van der Waals surface area contributed by atoms with Crippen molar-refractivity contribution in [3.05, 3.63) is 29.0 Å². The minimum absolute atomic E-state index is 0.00139. The molecule has 2 unspecified atom stereocenters. The Labute approximate surface area is 107 Å². The Hall–Kier alpha value is -1.09. The summed E-state index contributed by atoms with van der Waals surface area (Å²) in [6, 6.07) is 1.66. The van der Waals surface area contributed by atoms with Gasteiger partial charge in [0.2, 0.25) is 0 Å². The zero-order valence-electron chi connectivity index (χ0n) is 10.2. The number of pyridine rings is 1. The van der Waals surface area contributed by atoms with E-state index in [1.165, 1.54) is 6.42 Å². The standard InChI is InChI=1S/C13H17ClN2O/c1-9-5-10(2)8-16(7-9)13(17)11-6-15-4-3-12(11)14/h3-4,6,9-10H,5,7-8H2,1-2H3. The summed E-state index contributed by atoms with van der Waals surface area (Å²) in [6.45, 7) is 5.99. The number of hydrogen-bond donors (Lipinski definition) is 0. The van der Waals surface area contributed by atoms with Crippen LogP contribution < -0.4 is 0 Å². The second-order valence-corrected chi connectivity index (χ2v) is 5.42. The van der Waals surface area contributed by atoms with Crippen molar-refractivity contribution in [2.45, 2.75) is 20.3 Å². The number of halogens is 1. The summed E-state index contributed by atoms with van der Waals surface area (Å²) in [7, 11) is 0. The molecule has 1 aromatic rings. The Morgan fingerprint density at radius 3 is 2.65 bits per heavy atom. The lowest BCUT2D eigenvalue weighted by Gasteiger charge is -2.35. The van der Waals surface area contributed by atoms with Gasteiger partial charge in [0.25, 0.3) is 5.91 Å². The molecule has 1 aliphatic heterocycles. The molecule has 1 aromatic heterocycles. The van der Waals surface area contributed by atoms with Crippen molar-refractivity contribution in [1.82, 2.24) is 9.88 Å². The van der Waals surface area contributed by atoms with Gasteiger partial charge in [0.15, 0.2) is 0 Å². The second-order valence-electron chi connectivity index (χ2n) is 5.01. The lowest BCUT2D eigenvalue weighted by Crippen LogP contribution is -2.42. The Bertz CT molecular complexity index is 412. The second kappa shape index (κ2) is 5.05. The van der Waals surface area contributed by atoms with E-state index in [4.69, 9.17) is 11.6 Å². The average molecular weight is 253 g/mol. The fraction of sp³-hybridized carbons (Fsp3) is 0.538. The minimum atomic E-state index is 0.00139. The molecular formula is C13H17ClN2O. The van der Waals surface area contributed by atoms with Crippen LogP contribution in [0.4, 0.5) is 0 Å². The van der Waals surface area contributed by atoms with Crippen LogP contribution in [0.15, 0.2) is 18.5 Å². The smallest absolute Gasteiger partial charge is 0.256 e. The van der Waals surface area contributed by atoms with E-state index >= 15 is 0 Å². The van der Waals surface area contributed by atoms with Crippen molar-refractivity contribution in [3.8, 4) is 0 Å². The van der Waals surface area contributed by atoms with Gasteiger partial charge in [-0.2, -0.15) is 0 Å². The summed E-state index contributed by atoms with van der Waals surface area (Å²) in [4.78, 5) is 18.2. The topological polar surface area (TPSA) is 33.2 Å². The number of piperidine rings is 1. The van der Waals surface area contributed by atoms with Crippen LogP contribution in [0.25, 0.3) is 0 Å². The highest BCUT2D eigenvalue weighted by Crippen LogP contribution is 2.24. The van der Waals surface area contributed by atoms with E-state index in [-0.39, 0.29) is 5.91 Å². The predicted octanol–water partition coefficient (Wildman–Crippen LogP) is 2.85. The first-order valence-electron chi connectivity index (χ1n) is 5.96. The average Bonchev–Trinajstić information content (AvgIpc) is 2.27. The van der Waals surface area contributed by atoms with Gasteiger partial charge in [0.1, 0.15) is 0 Å². The number of carbonyl (C=O) groups excluding carboxylic acids is 1. The maximum absolute atomic E-state index is 12.3. The Morgan fingerprint density at radius 1 is 1.41 bits per heavy atom. The molecule has 2 heterocycles. The molecule has 0 aliphatic carbocycles. The Balaban J connectivity index is 2.17. The summed E-state index contributed by atoms with van der Waals surface area (Å²) < 4.78 is 0. The van der Waals surface area contributed by atoms with Crippen LogP contribution in [0.1, 0.15) is 30.6 Å². The number of hydrogen-bond acceptors (Lipinski definition) is 2. The van der Waals surface area contributed by atoms with Gasteiger partial charge in [-0.1, -0.05) is 25.4 Å². The predicted molar refractivity (Wildman–Crippen MR) is 68.1 cm³/mol. The largest absolute Gasteiger partial charge is 0.338 e. The van der Waals surface area contributed by atoms with Gasteiger partial charge < -0.3 is 4.90 Å². The molecule has 3 nitrogen and oxygen atoms in total. The van der Waals surface area contributed by atoms with Crippen molar-refractivity contribution in [2.24, 2.45) is 11.8 Å². The maximum Gasteiger partial charge on any atom is 0.256 e. The molecule has 4 heteroatoms. The third kappa shape index (κ3) is 2.78. The molecule has 0 bridgehead atoms. The van der Waals surface area contributed by atoms with E-state index in [0.29, 0.717) is 22.4 Å². The van der Waals surface area contributed by atoms with Crippen LogP contribution in [-0.4, -0.2) is 28.9 Å². The lowest BCUT2D eigenvalue weighted by molar-refractivity contribution is 0.0623. The van der Waals surface area contributed by atoms with Crippen LogP contribution in [0.2, 0.25) is 5.02 Å². The molecule has 0 spiro atoms. The third-order valence-electron chi connectivity index (χ3n) is 3.15. The van der Waals surface area contributed by atoms with Crippen LogP contribution in [0, 0.1) is 11.8 Å².